The zero-order chi connectivity index (χ0) is 19.2. The second kappa shape index (κ2) is 8.88. The van der Waals surface area contributed by atoms with E-state index in [1.165, 1.54) is 31.4 Å². The van der Waals surface area contributed by atoms with Gasteiger partial charge in [-0.2, -0.15) is 0 Å². The Kier molecular flexibility index (Phi) is 6.31. The van der Waals surface area contributed by atoms with Crippen LogP contribution in [0.5, 0.6) is 0 Å². The number of carbonyl (C=O) groups is 2. The van der Waals surface area contributed by atoms with Gasteiger partial charge in [-0.25, -0.2) is 9.38 Å². The normalized spacial score (nSPS) is 17.4. The van der Waals surface area contributed by atoms with Crippen molar-refractivity contribution >= 4 is 23.1 Å². The number of methoxy groups -OCH3 is 1. The fraction of sp³-hybridized carbons (Fsp3) is 0.421. The number of amides is 1. The van der Waals surface area contributed by atoms with Gasteiger partial charge in [0.25, 0.3) is 0 Å². The van der Waals surface area contributed by atoms with Crippen LogP contribution in [0.3, 0.4) is 0 Å². The summed E-state index contributed by atoms with van der Waals surface area (Å²) in [7, 11) is 1.47. The molecule has 0 bridgehead atoms. The number of ketones is 1. The van der Waals surface area contributed by atoms with Gasteiger partial charge in [-0.05, 0) is 18.2 Å². The van der Waals surface area contributed by atoms with E-state index >= 15 is 0 Å². The molecule has 27 heavy (non-hydrogen) atoms. The number of nitrogens with zero attached hydrogens (tertiary/aromatic N) is 2. The highest BCUT2D eigenvalue weighted by molar-refractivity contribution is 6.16. The average Bonchev–Trinajstić information content (AvgIpc) is 2.65. The lowest BCUT2D eigenvalue weighted by atomic mass is 10.1. The highest BCUT2D eigenvalue weighted by Gasteiger charge is 2.21. The summed E-state index contributed by atoms with van der Waals surface area (Å²) in [5, 5.41) is 2.72. The first-order valence-corrected chi connectivity index (χ1v) is 8.76. The van der Waals surface area contributed by atoms with Crippen LogP contribution in [0, 0.1) is 5.82 Å². The van der Waals surface area contributed by atoms with Gasteiger partial charge in [0.2, 0.25) is 5.91 Å². The summed E-state index contributed by atoms with van der Waals surface area (Å²) in [4.78, 5) is 30.8. The number of carbonyl (C=O) groups excluding carboxylic acids is 2. The van der Waals surface area contributed by atoms with Gasteiger partial charge in [-0.1, -0.05) is 0 Å². The summed E-state index contributed by atoms with van der Waals surface area (Å²) >= 11 is 0. The molecule has 0 spiro atoms. The van der Waals surface area contributed by atoms with E-state index in [4.69, 9.17) is 9.47 Å². The van der Waals surface area contributed by atoms with Crippen molar-refractivity contribution < 1.29 is 23.5 Å². The first-order valence-electron chi connectivity index (χ1n) is 8.76. The molecule has 1 aromatic rings. The summed E-state index contributed by atoms with van der Waals surface area (Å²) in [5.41, 5.74) is 1.35. The van der Waals surface area contributed by atoms with Crippen molar-refractivity contribution in [2.75, 3.05) is 38.7 Å². The van der Waals surface area contributed by atoms with E-state index in [1.54, 1.807) is 0 Å². The summed E-state index contributed by atoms with van der Waals surface area (Å²) in [6, 6.07) is 4.30. The van der Waals surface area contributed by atoms with Gasteiger partial charge in [0.05, 0.1) is 26.2 Å². The summed E-state index contributed by atoms with van der Waals surface area (Å²) in [6.45, 7) is 2.63. The topological polar surface area (TPSA) is 80.2 Å². The van der Waals surface area contributed by atoms with Crippen LogP contribution in [0.4, 0.5) is 10.1 Å². The maximum atomic E-state index is 13.7. The van der Waals surface area contributed by atoms with Gasteiger partial charge < -0.3 is 19.7 Å². The van der Waals surface area contributed by atoms with E-state index in [-0.39, 0.29) is 31.1 Å². The zero-order valence-electron chi connectivity index (χ0n) is 15.2. The lowest BCUT2D eigenvalue weighted by Crippen LogP contribution is -2.36. The molecule has 0 radical (unpaired) electrons. The number of hydrogen-bond acceptors (Lipinski definition) is 6. The lowest BCUT2D eigenvalue weighted by molar-refractivity contribution is -0.115. The van der Waals surface area contributed by atoms with Crippen molar-refractivity contribution in [3.8, 4) is 0 Å². The molecule has 0 aliphatic carbocycles. The van der Waals surface area contributed by atoms with E-state index in [1.807, 2.05) is 4.90 Å². The molecule has 8 heteroatoms. The summed E-state index contributed by atoms with van der Waals surface area (Å²) in [6.07, 6.45) is 1.65. The first-order chi connectivity index (χ1) is 13.0. The minimum Gasteiger partial charge on any atom is -0.380 e. The number of hydrogen-bond donors (Lipinski definition) is 1. The molecule has 3 rings (SSSR count). The number of allylic oxidation sites excluding steroid dienone is 1. The smallest absolute Gasteiger partial charge is 0.230 e. The molecule has 2 heterocycles. The van der Waals surface area contributed by atoms with Crippen LogP contribution in [-0.4, -0.2) is 55.7 Å². The molecule has 144 valence electrons. The molecule has 1 N–H and O–H groups in total. The molecular weight excluding hydrogens is 353 g/mol. The van der Waals surface area contributed by atoms with Crippen molar-refractivity contribution in [1.29, 1.82) is 0 Å². The van der Waals surface area contributed by atoms with E-state index in [0.717, 1.165) is 0 Å². The van der Waals surface area contributed by atoms with E-state index < -0.39 is 5.82 Å². The maximum absolute atomic E-state index is 13.7. The molecule has 0 unspecified atom stereocenters. The zero-order valence-corrected chi connectivity index (χ0v) is 15.2. The Labute approximate surface area is 156 Å². The van der Waals surface area contributed by atoms with E-state index in [2.05, 4.69) is 10.3 Å². The summed E-state index contributed by atoms with van der Waals surface area (Å²) < 4.78 is 23.9. The highest BCUT2D eigenvalue weighted by Crippen LogP contribution is 2.18. The van der Waals surface area contributed by atoms with Gasteiger partial charge >= 0.3 is 0 Å². The molecule has 2 aliphatic rings. The van der Waals surface area contributed by atoms with Crippen LogP contribution in [0.15, 0.2) is 35.1 Å². The van der Waals surface area contributed by atoms with Crippen molar-refractivity contribution in [3.05, 3.63) is 41.5 Å². The maximum Gasteiger partial charge on any atom is 0.230 e. The van der Waals surface area contributed by atoms with Crippen LogP contribution in [0.1, 0.15) is 18.4 Å². The first kappa shape index (κ1) is 19.2. The number of halogens is 1. The minimum atomic E-state index is -0.391. The molecule has 0 aromatic heterocycles. The van der Waals surface area contributed by atoms with Gasteiger partial charge in [-0.15, -0.1) is 0 Å². The Morgan fingerprint density at radius 3 is 2.89 bits per heavy atom. The molecule has 2 aliphatic heterocycles. The predicted molar refractivity (Wildman–Crippen MR) is 97.9 cm³/mol. The molecule has 1 saturated heterocycles. The second-order valence-electron chi connectivity index (χ2n) is 6.39. The highest BCUT2D eigenvalue weighted by atomic mass is 19.1. The predicted octanol–water partition coefficient (Wildman–Crippen LogP) is 1.89. The largest absolute Gasteiger partial charge is 0.380 e. The van der Waals surface area contributed by atoms with Gasteiger partial charge in [0.15, 0.2) is 5.78 Å². The molecule has 1 fully saturated rings. The third-order valence-corrected chi connectivity index (χ3v) is 4.27. The Morgan fingerprint density at radius 2 is 2.15 bits per heavy atom. The van der Waals surface area contributed by atoms with Crippen LogP contribution in [-0.2, 0) is 25.7 Å². The number of anilines is 1. The molecule has 1 aromatic carbocycles. The van der Waals surface area contributed by atoms with Crippen molar-refractivity contribution in [1.82, 2.24) is 4.90 Å². The Bertz CT molecular complexity index is 785. The van der Waals surface area contributed by atoms with Crippen molar-refractivity contribution in [2.24, 2.45) is 4.99 Å². The number of rotatable bonds is 6. The number of aliphatic imine (C=N–C) groups is 1. The Morgan fingerprint density at radius 1 is 1.37 bits per heavy atom. The average molecular weight is 375 g/mol. The SMILES string of the molecule is COCc1cc(NC(=O)CC2=NC(N3CCOCC3)=CC(=O)C2)ccc1F. The Hall–Kier alpha value is -2.58. The summed E-state index contributed by atoms with van der Waals surface area (Å²) in [5.74, 6) is -0.183. The van der Waals surface area contributed by atoms with Crippen LogP contribution < -0.4 is 5.32 Å². The van der Waals surface area contributed by atoms with Gasteiger partial charge in [0, 0.05) is 49.7 Å². The third kappa shape index (κ3) is 5.21. The van der Waals surface area contributed by atoms with Crippen LogP contribution >= 0.6 is 0 Å². The second-order valence-corrected chi connectivity index (χ2v) is 6.39. The molecular formula is C19H22FN3O4. The van der Waals surface area contributed by atoms with Crippen LogP contribution in [0.25, 0.3) is 0 Å². The number of nitrogens with one attached hydrogen (secondary N) is 1. The number of ether oxygens (including phenoxy) is 2. The molecule has 0 atom stereocenters. The van der Waals surface area contributed by atoms with Crippen molar-refractivity contribution in [2.45, 2.75) is 19.4 Å². The molecule has 1 amide bonds. The quantitative estimate of drug-likeness (QED) is 0.821. The number of benzene rings is 1. The molecule has 7 nitrogen and oxygen atoms in total. The minimum absolute atomic E-state index is 0.00437. The Balaban J connectivity index is 1.64. The van der Waals surface area contributed by atoms with E-state index in [0.29, 0.717) is 49.1 Å². The monoisotopic (exact) mass is 375 g/mol. The molecule has 0 saturated carbocycles. The van der Waals surface area contributed by atoms with Gasteiger partial charge in [-0.3, -0.25) is 9.59 Å². The van der Waals surface area contributed by atoms with Crippen LogP contribution in [0.2, 0.25) is 0 Å². The standard InChI is InChI=1S/C19H22FN3O4/c1-26-12-13-8-14(2-3-17(13)20)22-19(25)10-15-9-16(24)11-18(21-15)23-4-6-27-7-5-23/h2-3,8,11H,4-7,9-10,12H2,1H3,(H,22,25). The fourth-order valence-corrected chi connectivity index (χ4v) is 3.00. The lowest BCUT2D eigenvalue weighted by Gasteiger charge is -2.30. The van der Waals surface area contributed by atoms with E-state index in [9.17, 15) is 14.0 Å². The van der Waals surface area contributed by atoms with Crippen molar-refractivity contribution in [3.63, 3.8) is 0 Å². The van der Waals surface area contributed by atoms with Gasteiger partial charge in [0.1, 0.15) is 11.6 Å². The third-order valence-electron chi connectivity index (χ3n) is 4.27. The fourth-order valence-electron chi connectivity index (χ4n) is 3.00. The number of morpholine rings is 1.